The largest absolute Gasteiger partial charge is 0.748 e. The van der Waals surface area contributed by atoms with Crippen LogP contribution < -0.4 is 9.88 Å². The minimum absolute atomic E-state index is 0.00902. The summed E-state index contributed by atoms with van der Waals surface area (Å²) in [4.78, 5) is 40.8. The standard InChI is InChI=1S/C51H61N3O10S2/c1-33-15-18-37(19-16-33)66(62,63)54(48(57)47-38-10-4-6-12-43(38)53(27-9-29-65(59,60)61)44-13-7-5-11-39(44)47)28-8-14-45(55)52-36-21-24-49(2)35(31-36)17-20-42-41(49)22-25-50(3)40(23-26-51(42,50)58)34-30-46(56)64-32-34/h4-7,10-13,15-16,18-19,30,35-36,40-42,58H,8-9,14,17,20-29,31-32H2,1-3H3,(H-,52,55,59,60,61)/t35-,36-,40-,41+,42-,49+,50-,51+/m1/s1. The first kappa shape index (κ1) is 46.4. The second-order valence-electron chi connectivity index (χ2n) is 20.3. The minimum Gasteiger partial charge on any atom is -0.748 e. The van der Waals surface area contributed by atoms with E-state index < -0.39 is 37.4 Å². The summed E-state index contributed by atoms with van der Waals surface area (Å²) >= 11 is 0. The number of nitrogens with one attached hydrogen (secondary N) is 1. The summed E-state index contributed by atoms with van der Waals surface area (Å²) in [6.45, 7) is 6.72. The van der Waals surface area contributed by atoms with E-state index in [4.69, 9.17) is 4.74 Å². The van der Waals surface area contributed by atoms with Crippen molar-refractivity contribution in [1.82, 2.24) is 9.62 Å². The normalized spacial score (nSPS) is 29.7. The third kappa shape index (κ3) is 8.15. The fraction of sp³-hybridized carbons (Fsp3) is 0.529. The third-order valence-corrected chi connectivity index (χ3v) is 19.5. The van der Waals surface area contributed by atoms with Crippen LogP contribution in [0, 0.1) is 41.4 Å². The van der Waals surface area contributed by atoms with Gasteiger partial charge in [0.25, 0.3) is 15.9 Å². The number of hydrogen-bond acceptors (Lipinski definition) is 10. The molecule has 2 heterocycles. The number of fused-ring (bicyclic) bond motifs is 7. The zero-order valence-corrected chi connectivity index (χ0v) is 39.7. The molecule has 0 radical (unpaired) electrons. The zero-order valence-electron chi connectivity index (χ0n) is 38.0. The minimum atomic E-state index is -4.46. The number of hydrogen-bond donors (Lipinski definition) is 2. The Balaban J connectivity index is 0.907. The van der Waals surface area contributed by atoms with Crippen LogP contribution in [-0.2, 0) is 41.0 Å². The Labute approximate surface area is 387 Å². The SMILES string of the molecule is Cc1ccc(S(=O)(=O)N(CCCC(=O)N[C@@H]2CC[C@@]3(C)[C@H](CC[C@@H]4[C@@H]3CC[C@]3(C)[C@@H](C5=CC(=O)OC5)CC[C@]43O)C2)C(=O)c2c3ccccc3[n+](CCCS(=O)(=O)[O-])c3ccccc23)cc1. The van der Waals surface area contributed by atoms with Crippen LogP contribution in [0.2, 0.25) is 0 Å². The smallest absolute Gasteiger partial charge is 0.331 e. The lowest BCUT2D eigenvalue weighted by Crippen LogP contribution is -2.62. The number of pyridine rings is 1. The van der Waals surface area contributed by atoms with Gasteiger partial charge in [0.1, 0.15) is 6.61 Å². The number of para-hydroxylation sites is 2. The molecule has 4 saturated carbocycles. The van der Waals surface area contributed by atoms with E-state index >= 15 is 4.79 Å². The third-order valence-electron chi connectivity index (χ3n) is 16.9. The van der Waals surface area contributed by atoms with Gasteiger partial charge in [0.2, 0.25) is 16.9 Å². The molecule has 1 aliphatic heterocycles. The quantitative estimate of drug-likeness (QED) is 0.0619. The van der Waals surface area contributed by atoms with Gasteiger partial charge in [-0.25, -0.2) is 25.9 Å². The van der Waals surface area contributed by atoms with Gasteiger partial charge in [0, 0.05) is 54.8 Å². The molecule has 4 aliphatic carbocycles. The number of sulfonamides is 1. The first-order valence-corrected chi connectivity index (χ1v) is 26.7. The molecule has 4 fully saturated rings. The molecule has 66 heavy (non-hydrogen) atoms. The molecule has 9 rings (SSSR count). The van der Waals surface area contributed by atoms with Gasteiger partial charge in [-0.1, -0.05) is 55.8 Å². The number of ether oxygens (including phenoxy) is 1. The highest BCUT2D eigenvalue weighted by Gasteiger charge is 2.67. The number of nitrogens with zero attached hydrogens (tertiary/aromatic N) is 2. The van der Waals surface area contributed by atoms with E-state index in [1.165, 1.54) is 12.1 Å². The Hall–Kier alpha value is -4.70. The van der Waals surface area contributed by atoms with Crippen LogP contribution in [0.4, 0.5) is 0 Å². The van der Waals surface area contributed by atoms with Crippen LogP contribution in [0.15, 0.2) is 89.3 Å². The zero-order chi connectivity index (χ0) is 46.8. The van der Waals surface area contributed by atoms with Gasteiger partial charge in [0.15, 0.2) is 6.54 Å². The molecule has 15 heteroatoms. The molecule has 13 nitrogen and oxygen atoms in total. The van der Waals surface area contributed by atoms with Crippen LogP contribution in [0.1, 0.15) is 107 Å². The van der Waals surface area contributed by atoms with Crippen molar-refractivity contribution < 1.29 is 50.2 Å². The number of carbonyl (C=O) groups is 3. The monoisotopic (exact) mass is 939 g/mol. The van der Waals surface area contributed by atoms with E-state index in [1.807, 2.05) is 11.5 Å². The summed E-state index contributed by atoms with van der Waals surface area (Å²) in [5.41, 5.74) is 2.10. The summed E-state index contributed by atoms with van der Waals surface area (Å²) in [5, 5.41) is 16.8. The molecule has 3 aromatic carbocycles. The second kappa shape index (κ2) is 17.4. The maximum atomic E-state index is 15.0. The molecule has 2 amide bonds. The van der Waals surface area contributed by atoms with Gasteiger partial charge < -0.3 is 19.7 Å². The molecular weight excluding hydrogens is 879 g/mol. The molecule has 1 aromatic heterocycles. The van der Waals surface area contributed by atoms with E-state index in [1.54, 1.807) is 66.7 Å². The van der Waals surface area contributed by atoms with E-state index in [9.17, 15) is 36.1 Å². The van der Waals surface area contributed by atoms with Gasteiger partial charge in [-0.3, -0.25) is 9.59 Å². The fourth-order valence-corrected chi connectivity index (χ4v) is 15.4. The van der Waals surface area contributed by atoms with Crippen molar-refractivity contribution in [3.63, 3.8) is 0 Å². The highest BCUT2D eigenvalue weighted by molar-refractivity contribution is 7.89. The molecule has 0 unspecified atom stereocenters. The highest BCUT2D eigenvalue weighted by Crippen LogP contribution is 2.70. The van der Waals surface area contributed by atoms with Crippen LogP contribution in [0.25, 0.3) is 21.8 Å². The highest BCUT2D eigenvalue weighted by atomic mass is 32.2. The van der Waals surface area contributed by atoms with Crippen molar-refractivity contribution in [1.29, 1.82) is 0 Å². The van der Waals surface area contributed by atoms with Crippen molar-refractivity contribution in [2.24, 2.45) is 34.5 Å². The van der Waals surface area contributed by atoms with Crippen molar-refractivity contribution in [2.45, 2.75) is 121 Å². The number of aliphatic hydroxyl groups is 1. The van der Waals surface area contributed by atoms with Crippen LogP contribution in [0.3, 0.4) is 0 Å². The summed E-state index contributed by atoms with van der Waals surface area (Å²) in [6, 6.07) is 20.3. The summed E-state index contributed by atoms with van der Waals surface area (Å²) in [5.74, 6) is -0.723. The molecule has 8 atom stereocenters. The number of carbonyl (C=O) groups excluding carboxylic acids is 3. The number of aryl methyl sites for hydroxylation is 2. The average Bonchev–Trinajstić information content (AvgIpc) is 3.83. The van der Waals surface area contributed by atoms with Gasteiger partial charge in [-0.2, -0.15) is 4.57 Å². The van der Waals surface area contributed by atoms with E-state index in [2.05, 4.69) is 19.2 Å². The average molecular weight is 940 g/mol. The molecule has 352 valence electrons. The van der Waals surface area contributed by atoms with Gasteiger partial charge in [0.05, 0.1) is 37.0 Å². The predicted octanol–water partition coefficient (Wildman–Crippen LogP) is 6.88. The van der Waals surface area contributed by atoms with Crippen LogP contribution in [0.5, 0.6) is 0 Å². The molecule has 0 saturated heterocycles. The molecule has 4 aromatic rings. The van der Waals surface area contributed by atoms with Gasteiger partial charge in [-0.05, 0) is 130 Å². The van der Waals surface area contributed by atoms with E-state index in [0.717, 1.165) is 73.2 Å². The lowest BCUT2D eigenvalue weighted by atomic mass is 9.43. The van der Waals surface area contributed by atoms with E-state index in [-0.39, 0.29) is 83.4 Å². The van der Waals surface area contributed by atoms with Crippen molar-refractivity contribution in [3.05, 3.63) is 95.6 Å². The maximum absolute atomic E-state index is 15.0. The van der Waals surface area contributed by atoms with Crippen LogP contribution in [-0.4, -0.2) is 79.1 Å². The predicted molar refractivity (Wildman–Crippen MR) is 247 cm³/mol. The molecule has 2 N–H and O–H groups in total. The Bertz CT molecular complexity index is 2790. The summed E-state index contributed by atoms with van der Waals surface area (Å²) in [6.07, 6.45) is 9.77. The lowest BCUT2D eigenvalue weighted by Gasteiger charge is -2.64. The van der Waals surface area contributed by atoms with E-state index in [0.29, 0.717) is 40.2 Å². The number of amides is 2. The molecule has 5 aliphatic rings. The summed E-state index contributed by atoms with van der Waals surface area (Å²) < 4.78 is 71.7. The Morgan fingerprint density at radius 2 is 1.55 bits per heavy atom. The Morgan fingerprint density at radius 3 is 2.20 bits per heavy atom. The molecule has 0 bridgehead atoms. The number of benzene rings is 3. The molecule has 0 spiro atoms. The second-order valence-corrected chi connectivity index (χ2v) is 23.7. The first-order chi connectivity index (χ1) is 31.3. The summed E-state index contributed by atoms with van der Waals surface area (Å²) in [7, 11) is -8.88. The maximum Gasteiger partial charge on any atom is 0.331 e. The van der Waals surface area contributed by atoms with Crippen molar-refractivity contribution in [2.75, 3.05) is 18.9 Å². The number of rotatable bonds is 13. The number of cyclic esters (lactones) is 1. The van der Waals surface area contributed by atoms with Crippen LogP contribution >= 0.6 is 0 Å². The number of aromatic nitrogens is 1. The Morgan fingerprint density at radius 1 is 0.864 bits per heavy atom. The van der Waals surface area contributed by atoms with Gasteiger partial charge >= 0.3 is 5.97 Å². The van der Waals surface area contributed by atoms with Gasteiger partial charge in [-0.15, -0.1) is 0 Å². The van der Waals surface area contributed by atoms with Crippen molar-refractivity contribution in [3.8, 4) is 0 Å². The lowest BCUT2D eigenvalue weighted by molar-refractivity contribution is -0.645. The first-order valence-electron chi connectivity index (χ1n) is 23.6. The fourth-order valence-electron chi connectivity index (χ4n) is 13.5. The number of esters is 1. The topological polar surface area (TPSA) is 191 Å². The van der Waals surface area contributed by atoms with Crippen molar-refractivity contribution >= 4 is 59.7 Å². The Kier molecular flexibility index (Phi) is 12.3. The molecular formula is C51H61N3O10S2.